The van der Waals surface area contributed by atoms with Crippen LogP contribution < -0.4 is 15.0 Å². The van der Waals surface area contributed by atoms with E-state index in [1.807, 2.05) is 35.2 Å². The van der Waals surface area contributed by atoms with Crippen molar-refractivity contribution in [3.8, 4) is 5.75 Å². The average molecular weight is 449 g/mol. The fourth-order valence-electron chi connectivity index (χ4n) is 3.23. The molecule has 0 saturated heterocycles. The smallest absolute Gasteiger partial charge is 0.407 e. The number of fused-ring (bicyclic) bond motifs is 1. The van der Waals surface area contributed by atoms with E-state index in [9.17, 15) is 14.7 Å². The second-order valence-electron chi connectivity index (χ2n) is 8.17. The molecule has 3 rings (SSSR count). The SMILES string of the molecule is CC(C)(C)OC(=O)NCCN1c2c(csc2C(=O)O)OCC1COCc1ccccc1. The molecule has 1 aromatic carbocycles. The van der Waals surface area contributed by atoms with Crippen molar-refractivity contribution in [1.82, 2.24) is 5.32 Å². The Bertz CT molecular complexity index is 893. The quantitative estimate of drug-likeness (QED) is 0.635. The Labute approximate surface area is 185 Å². The Balaban J connectivity index is 1.67. The van der Waals surface area contributed by atoms with Crippen LogP contribution in [0.25, 0.3) is 0 Å². The van der Waals surface area contributed by atoms with Crippen LogP contribution in [0.1, 0.15) is 36.0 Å². The normalized spacial score (nSPS) is 15.7. The fraction of sp³-hybridized carbons (Fsp3) is 0.455. The van der Waals surface area contributed by atoms with Gasteiger partial charge in [-0.3, -0.25) is 0 Å². The molecule has 0 radical (unpaired) electrons. The van der Waals surface area contributed by atoms with E-state index >= 15 is 0 Å². The highest BCUT2D eigenvalue weighted by Gasteiger charge is 2.33. The predicted molar refractivity (Wildman–Crippen MR) is 118 cm³/mol. The van der Waals surface area contributed by atoms with E-state index in [1.165, 1.54) is 0 Å². The minimum absolute atomic E-state index is 0.190. The number of anilines is 1. The van der Waals surface area contributed by atoms with Crippen LogP contribution in [-0.4, -0.2) is 55.1 Å². The third-order valence-electron chi connectivity index (χ3n) is 4.53. The Hall–Kier alpha value is -2.78. The standard InChI is InChI=1S/C22H28N2O6S/c1-22(2,3)30-21(27)23-9-10-24-16(12-28-11-15-7-5-4-6-8-15)13-29-17-14-31-19(18(17)24)20(25)26/h4-8,14,16H,9-13H2,1-3H3,(H,23,27)(H,25,26). The van der Waals surface area contributed by atoms with E-state index in [0.29, 0.717) is 44.3 Å². The maximum atomic E-state index is 12.0. The molecule has 1 amide bonds. The van der Waals surface area contributed by atoms with E-state index in [2.05, 4.69) is 5.32 Å². The number of nitrogens with one attached hydrogen (secondary N) is 1. The first kappa shape index (κ1) is 22.9. The fourth-order valence-corrected chi connectivity index (χ4v) is 4.07. The summed E-state index contributed by atoms with van der Waals surface area (Å²) >= 11 is 1.13. The van der Waals surface area contributed by atoms with Crippen molar-refractivity contribution in [2.45, 2.75) is 39.0 Å². The average Bonchev–Trinajstić information content (AvgIpc) is 3.13. The van der Waals surface area contributed by atoms with Crippen LogP contribution in [0.5, 0.6) is 5.75 Å². The summed E-state index contributed by atoms with van der Waals surface area (Å²) in [6, 6.07) is 9.63. The molecule has 0 spiro atoms. The minimum atomic E-state index is -1.01. The number of carbonyl (C=O) groups is 2. The molecule has 0 aliphatic carbocycles. The molecule has 168 valence electrons. The topological polar surface area (TPSA) is 97.3 Å². The highest BCUT2D eigenvalue weighted by molar-refractivity contribution is 7.13. The number of carboxylic acids is 1. The van der Waals surface area contributed by atoms with Gasteiger partial charge >= 0.3 is 12.1 Å². The van der Waals surface area contributed by atoms with Gasteiger partial charge in [0.05, 0.1) is 19.3 Å². The number of aromatic carboxylic acids is 1. The van der Waals surface area contributed by atoms with Crippen LogP contribution in [-0.2, 0) is 16.1 Å². The summed E-state index contributed by atoms with van der Waals surface area (Å²) in [5, 5.41) is 14.0. The molecule has 1 aliphatic rings. The number of nitrogens with zero attached hydrogens (tertiary/aromatic N) is 1. The summed E-state index contributed by atoms with van der Waals surface area (Å²) in [5.74, 6) is -0.468. The molecule has 9 heteroatoms. The number of hydrogen-bond acceptors (Lipinski definition) is 7. The lowest BCUT2D eigenvalue weighted by atomic mass is 10.2. The molecule has 0 bridgehead atoms. The number of hydrogen-bond donors (Lipinski definition) is 2. The highest BCUT2D eigenvalue weighted by atomic mass is 32.1. The molecule has 2 N–H and O–H groups in total. The zero-order chi connectivity index (χ0) is 22.4. The van der Waals surface area contributed by atoms with Crippen LogP contribution in [0.15, 0.2) is 35.7 Å². The monoisotopic (exact) mass is 448 g/mol. The molecule has 1 atom stereocenters. The van der Waals surface area contributed by atoms with Gasteiger partial charge in [0.2, 0.25) is 0 Å². The molecule has 1 aliphatic heterocycles. The van der Waals surface area contributed by atoms with Crippen molar-refractivity contribution in [2.24, 2.45) is 0 Å². The summed E-state index contributed by atoms with van der Waals surface area (Å²) in [6.45, 7) is 7.25. The van der Waals surface area contributed by atoms with Crippen molar-refractivity contribution in [1.29, 1.82) is 0 Å². The lowest BCUT2D eigenvalue weighted by Crippen LogP contribution is -2.49. The summed E-state index contributed by atoms with van der Waals surface area (Å²) in [4.78, 5) is 25.9. The van der Waals surface area contributed by atoms with Gasteiger partial charge in [-0.1, -0.05) is 30.3 Å². The molecule has 0 fully saturated rings. The molecule has 2 heterocycles. The van der Waals surface area contributed by atoms with Crippen LogP contribution in [0, 0.1) is 0 Å². The Morgan fingerprint density at radius 1 is 1.29 bits per heavy atom. The molecule has 8 nitrogen and oxygen atoms in total. The zero-order valence-electron chi connectivity index (χ0n) is 17.9. The first-order valence-corrected chi connectivity index (χ1v) is 11.0. The maximum Gasteiger partial charge on any atom is 0.407 e. The number of carboxylic acid groups (broad SMARTS) is 1. The molecular weight excluding hydrogens is 420 g/mol. The number of rotatable bonds is 8. The van der Waals surface area contributed by atoms with Gasteiger partial charge < -0.3 is 29.5 Å². The molecule has 1 unspecified atom stereocenters. The number of carbonyl (C=O) groups excluding carboxylic acids is 1. The van der Waals surface area contributed by atoms with Gasteiger partial charge in [-0.15, -0.1) is 11.3 Å². The maximum absolute atomic E-state index is 12.0. The van der Waals surface area contributed by atoms with Gasteiger partial charge in [0.15, 0.2) is 5.75 Å². The largest absolute Gasteiger partial charge is 0.488 e. The van der Waals surface area contributed by atoms with Crippen molar-refractivity contribution in [3.05, 3.63) is 46.2 Å². The van der Waals surface area contributed by atoms with Gasteiger partial charge in [-0.05, 0) is 26.3 Å². The van der Waals surface area contributed by atoms with Gasteiger partial charge in [0.1, 0.15) is 22.8 Å². The molecule has 31 heavy (non-hydrogen) atoms. The lowest BCUT2D eigenvalue weighted by molar-refractivity contribution is 0.0526. The number of ether oxygens (including phenoxy) is 3. The number of amides is 1. The summed E-state index contributed by atoms with van der Waals surface area (Å²) in [7, 11) is 0. The van der Waals surface area contributed by atoms with Crippen molar-refractivity contribution >= 4 is 29.1 Å². The molecule has 2 aromatic rings. The second kappa shape index (κ2) is 10.0. The van der Waals surface area contributed by atoms with Crippen LogP contribution in [0.4, 0.5) is 10.5 Å². The van der Waals surface area contributed by atoms with E-state index in [1.54, 1.807) is 26.2 Å². The van der Waals surface area contributed by atoms with E-state index < -0.39 is 17.7 Å². The van der Waals surface area contributed by atoms with Gasteiger partial charge in [0.25, 0.3) is 0 Å². The number of alkyl carbamates (subject to hydrolysis) is 1. The van der Waals surface area contributed by atoms with E-state index in [-0.39, 0.29) is 10.9 Å². The van der Waals surface area contributed by atoms with Crippen molar-refractivity contribution in [2.75, 3.05) is 31.2 Å². The van der Waals surface area contributed by atoms with Gasteiger partial charge in [0, 0.05) is 18.5 Å². The van der Waals surface area contributed by atoms with Gasteiger partial charge in [-0.25, -0.2) is 9.59 Å². The molecule has 0 saturated carbocycles. The third kappa shape index (κ3) is 6.35. The Morgan fingerprint density at radius 2 is 2.03 bits per heavy atom. The first-order valence-electron chi connectivity index (χ1n) is 10.1. The Morgan fingerprint density at radius 3 is 2.71 bits per heavy atom. The van der Waals surface area contributed by atoms with Crippen LogP contribution >= 0.6 is 11.3 Å². The molecular formula is C22H28N2O6S. The summed E-state index contributed by atoms with van der Waals surface area (Å²) < 4.78 is 17.0. The number of benzene rings is 1. The van der Waals surface area contributed by atoms with Crippen LogP contribution in [0.2, 0.25) is 0 Å². The predicted octanol–water partition coefficient (Wildman–Crippen LogP) is 3.76. The highest BCUT2D eigenvalue weighted by Crippen LogP contribution is 2.41. The summed E-state index contributed by atoms with van der Waals surface area (Å²) in [5.41, 5.74) is 0.997. The van der Waals surface area contributed by atoms with Crippen molar-refractivity contribution in [3.63, 3.8) is 0 Å². The third-order valence-corrected chi connectivity index (χ3v) is 5.46. The number of thiophene rings is 1. The Kier molecular flexibility index (Phi) is 7.40. The molecule has 1 aromatic heterocycles. The van der Waals surface area contributed by atoms with Crippen molar-refractivity contribution < 1.29 is 28.9 Å². The minimum Gasteiger partial charge on any atom is -0.488 e. The van der Waals surface area contributed by atoms with E-state index in [4.69, 9.17) is 14.2 Å². The van der Waals surface area contributed by atoms with E-state index in [0.717, 1.165) is 16.9 Å². The van der Waals surface area contributed by atoms with Gasteiger partial charge in [-0.2, -0.15) is 0 Å². The first-order chi connectivity index (χ1) is 14.7. The lowest BCUT2D eigenvalue weighted by Gasteiger charge is -2.37. The zero-order valence-corrected chi connectivity index (χ0v) is 18.7. The second-order valence-corrected chi connectivity index (χ2v) is 9.05. The summed E-state index contributed by atoms with van der Waals surface area (Å²) in [6.07, 6.45) is -0.512. The van der Waals surface area contributed by atoms with Crippen LogP contribution in [0.3, 0.4) is 0 Å².